The molecule has 1 heterocycles. The molecule has 9 nitrogen and oxygen atoms in total. The molecule has 4 rings (SSSR count). The largest absolute Gasteiger partial charge is 0.481 e. The van der Waals surface area contributed by atoms with E-state index in [2.05, 4.69) is 57.8 Å². The summed E-state index contributed by atoms with van der Waals surface area (Å²) >= 11 is 1.80. The molecule has 0 radical (unpaired) electrons. The van der Waals surface area contributed by atoms with Gasteiger partial charge in [-0.15, -0.1) is 0 Å². The van der Waals surface area contributed by atoms with E-state index >= 15 is 0 Å². The number of nitrogens with zero attached hydrogens (tertiary/aromatic N) is 2. The second-order valence-electron chi connectivity index (χ2n) is 15.8. The van der Waals surface area contributed by atoms with Crippen LogP contribution in [-0.2, 0) is 14.3 Å². The molecule has 1 aliphatic heterocycles. The van der Waals surface area contributed by atoms with Crippen LogP contribution in [-0.4, -0.2) is 105 Å². The summed E-state index contributed by atoms with van der Waals surface area (Å²) in [4.78, 5) is 38.5. The molecule has 0 saturated heterocycles. The van der Waals surface area contributed by atoms with Gasteiger partial charge in [-0.05, 0) is 89.0 Å². The summed E-state index contributed by atoms with van der Waals surface area (Å²) in [5.41, 5.74) is 5.53. The molecule has 3 N–H and O–H groups in total. The van der Waals surface area contributed by atoms with Crippen LogP contribution >= 0.6 is 11.8 Å². The lowest BCUT2D eigenvalue weighted by atomic mass is 9.87. The van der Waals surface area contributed by atoms with Crippen LogP contribution in [0.5, 0.6) is 0 Å². The SMILES string of the molecule is CN(C)c1ccc2c(c1)[Si](C)(CCSCCC(=O)NCC(C)(C)COC(C)(C)CCC(=O)O)C1=CC(=[N+](C)C)C=CC1=C2c1ccccc1C(=O)O. The van der Waals surface area contributed by atoms with E-state index in [1.54, 1.807) is 23.9 Å². The van der Waals surface area contributed by atoms with Gasteiger partial charge in [0.05, 0.1) is 17.8 Å². The van der Waals surface area contributed by atoms with Crippen LogP contribution in [0.1, 0.15) is 68.4 Å². The Kier molecular flexibility index (Phi) is 13.2. The molecule has 280 valence electrons. The summed E-state index contributed by atoms with van der Waals surface area (Å²) in [7, 11) is 5.79. The number of fused-ring (bicyclic) bond motifs is 2. The minimum atomic E-state index is -2.40. The summed E-state index contributed by atoms with van der Waals surface area (Å²) in [5.74, 6) is -0.187. The minimum absolute atomic E-state index is 0.00474. The number of rotatable bonds is 17. The summed E-state index contributed by atoms with van der Waals surface area (Å²) in [6, 6.07) is 14.9. The number of nitrogens with one attached hydrogen (secondary N) is 1. The van der Waals surface area contributed by atoms with E-state index in [4.69, 9.17) is 9.84 Å². The molecule has 0 spiro atoms. The van der Waals surface area contributed by atoms with Crippen molar-refractivity contribution in [1.82, 2.24) is 5.32 Å². The highest BCUT2D eigenvalue weighted by atomic mass is 32.2. The summed E-state index contributed by atoms with van der Waals surface area (Å²) in [6.07, 6.45) is 7.50. The Morgan fingerprint density at radius 2 is 1.67 bits per heavy atom. The first-order valence-electron chi connectivity index (χ1n) is 17.9. The number of aliphatic carboxylic acids is 1. The maximum absolute atomic E-state index is 12.9. The molecule has 2 aromatic carbocycles. The number of anilines is 1. The van der Waals surface area contributed by atoms with Gasteiger partial charge in [-0.25, -0.2) is 9.37 Å². The second kappa shape index (κ2) is 16.8. The predicted molar refractivity (Wildman–Crippen MR) is 216 cm³/mol. The van der Waals surface area contributed by atoms with Crippen LogP contribution < -0.4 is 15.4 Å². The van der Waals surface area contributed by atoms with Crippen LogP contribution in [0.25, 0.3) is 5.57 Å². The number of amides is 1. The monoisotopic (exact) mass is 746 g/mol. The topological polar surface area (TPSA) is 119 Å². The highest BCUT2D eigenvalue weighted by molar-refractivity contribution is 7.99. The fraction of sp³-hybridized carbons (Fsp3) is 0.463. The number of ether oxygens (including phenoxy) is 1. The van der Waals surface area contributed by atoms with Crippen molar-refractivity contribution in [2.45, 2.75) is 65.1 Å². The molecule has 1 aliphatic carbocycles. The number of aromatic carboxylic acids is 1. The molecule has 1 atom stereocenters. The highest BCUT2D eigenvalue weighted by Gasteiger charge is 2.44. The van der Waals surface area contributed by atoms with Gasteiger partial charge in [-0.2, -0.15) is 11.8 Å². The number of carboxylic acid groups (broad SMARTS) is 2. The Morgan fingerprint density at radius 1 is 0.962 bits per heavy atom. The maximum Gasteiger partial charge on any atom is 0.336 e. The normalized spacial score (nSPS) is 16.9. The molecule has 1 amide bonds. The highest BCUT2D eigenvalue weighted by Crippen LogP contribution is 2.44. The number of carbonyl (C=O) groups excluding carboxylic acids is 1. The number of benzene rings is 2. The molecule has 52 heavy (non-hydrogen) atoms. The van der Waals surface area contributed by atoms with Crippen molar-refractivity contribution in [3.05, 3.63) is 88.2 Å². The third-order valence-electron chi connectivity index (χ3n) is 9.97. The van der Waals surface area contributed by atoms with Crippen molar-refractivity contribution in [2.75, 3.05) is 57.7 Å². The Bertz CT molecular complexity index is 1820. The molecule has 0 fully saturated rings. The fourth-order valence-electron chi connectivity index (χ4n) is 6.60. The van der Waals surface area contributed by atoms with E-state index in [0.717, 1.165) is 45.5 Å². The van der Waals surface area contributed by atoms with Crippen LogP contribution in [0.2, 0.25) is 12.6 Å². The first kappa shape index (κ1) is 40.8. The van der Waals surface area contributed by atoms with Gasteiger partial charge in [0.2, 0.25) is 5.91 Å². The zero-order valence-electron chi connectivity index (χ0n) is 32.3. The van der Waals surface area contributed by atoms with Gasteiger partial charge in [-0.1, -0.05) is 44.7 Å². The van der Waals surface area contributed by atoms with Crippen LogP contribution in [0.15, 0.2) is 71.5 Å². The molecule has 0 bridgehead atoms. The van der Waals surface area contributed by atoms with Gasteiger partial charge < -0.3 is 25.2 Å². The average Bonchev–Trinajstić information content (AvgIpc) is 3.09. The van der Waals surface area contributed by atoms with Gasteiger partial charge >= 0.3 is 11.9 Å². The van der Waals surface area contributed by atoms with Crippen molar-refractivity contribution < 1.29 is 33.9 Å². The Balaban J connectivity index is 1.52. The third-order valence-corrected chi connectivity index (χ3v) is 15.8. The number of hydrogen-bond acceptors (Lipinski definition) is 6. The standard InChI is InChI=1S/C41H55N3O6SSi/c1-40(2,27-50-41(3,4)20-18-37(46)47)26-42-36(45)19-21-51-22-23-52(9)34-24-28(43(5)6)14-16-32(34)38(30-12-10-11-13-31(30)39(48)49)33-17-15-29(44(7)8)25-35(33)52/h10-17,24-25H,18-23,26-27H2,1-9H3,(H2-,42,45,46,47,48,49)/p+1. The summed E-state index contributed by atoms with van der Waals surface area (Å²) in [5, 5.41) is 24.9. The van der Waals surface area contributed by atoms with Crippen molar-refractivity contribution >= 4 is 59.8 Å². The number of hydrogen-bond donors (Lipinski definition) is 3. The number of allylic oxidation sites excluding steroid dienone is 5. The molecule has 2 aliphatic rings. The molecule has 1 unspecified atom stereocenters. The van der Waals surface area contributed by atoms with E-state index in [-0.39, 0.29) is 23.3 Å². The van der Waals surface area contributed by atoms with E-state index in [0.29, 0.717) is 31.7 Å². The van der Waals surface area contributed by atoms with Crippen molar-refractivity contribution in [3.63, 3.8) is 0 Å². The summed E-state index contributed by atoms with van der Waals surface area (Å²) in [6.45, 7) is 11.2. The number of carboxylic acids is 2. The van der Waals surface area contributed by atoms with Crippen LogP contribution in [0.3, 0.4) is 0 Å². The molecular formula is C41H56N3O6SSi+. The van der Waals surface area contributed by atoms with E-state index in [1.807, 2.05) is 68.0 Å². The Morgan fingerprint density at radius 3 is 2.33 bits per heavy atom. The van der Waals surface area contributed by atoms with E-state index < -0.39 is 25.6 Å². The van der Waals surface area contributed by atoms with Gasteiger partial charge in [0.25, 0.3) is 0 Å². The maximum atomic E-state index is 12.9. The lowest BCUT2D eigenvalue weighted by molar-refractivity contribution is -0.462. The smallest absolute Gasteiger partial charge is 0.336 e. The average molecular weight is 747 g/mol. The number of thioether (sulfide) groups is 1. The fourth-order valence-corrected chi connectivity index (χ4v) is 12.7. The molecular weight excluding hydrogens is 691 g/mol. The quantitative estimate of drug-likeness (QED) is 0.0992. The van der Waals surface area contributed by atoms with Crippen LogP contribution in [0.4, 0.5) is 5.69 Å². The molecule has 0 aromatic heterocycles. The first-order valence-corrected chi connectivity index (χ1v) is 21.8. The van der Waals surface area contributed by atoms with Gasteiger partial charge in [-0.3, -0.25) is 9.59 Å². The van der Waals surface area contributed by atoms with Gasteiger partial charge in [0, 0.05) is 62.5 Å². The third kappa shape index (κ3) is 9.93. The van der Waals surface area contributed by atoms with E-state index in [1.165, 1.54) is 10.4 Å². The van der Waals surface area contributed by atoms with Crippen molar-refractivity contribution in [3.8, 4) is 0 Å². The molecule has 0 saturated carbocycles. The lowest BCUT2D eigenvalue weighted by Gasteiger charge is -2.40. The summed E-state index contributed by atoms with van der Waals surface area (Å²) < 4.78 is 8.17. The number of carbonyl (C=O) groups is 3. The zero-order chi connectivity index (χ0) is 38.4. The minimum Gasteiger partial charge on any atom is -0.481 e. The molecule has 11 heteroatoms. The predicted octanol–water partition coefficient (Wildman–Crippen LogP) is 6.23. The van der Waals surface area contributed by atoms with E-state index in [9.17, 15) is 19.5 Å². The van der Waals surface area contributed by atoms with Crippen LogP contribution in [0, 0.1) is 5.41 Å². The van der Waals surface area contributed by atoms with Crippen molar-refractivity contribution in [1.29, 1.82) is 0 Å². The lowest BCUT2D eigenvalue weighted by Crippen LogP contribution is -2.52. The second-order valence-corrected chi connectivity index (χ2v) is 21.3. The van der Waals surface area contributed by atoms with Crippen molar-refractivity contribution in [2.24, 2.45) is 5.41 Å². The Labute approximate surface area is 314 Å². The van der Waals surface area contributed by atoms with Gasteiger partial charge in [0.1, 0.15) is 22.2 Å². The first-order chi connectivity index (χ1) is 24.3. The Hall–Kier alpha value is -3.93. The van der Waals surface area contributed by atoms with Gasteiger partial charge in [0.15, 0.2) is 5.71 Å². The zero-order valence-corrected chi connectivity index (χ0v) is 34.1. The molecule has 2 aromatic rings.